The molecular weight excluding hydrogens is 292 g/mol. The molecule has 1 atom stereocenters. The Balaban J connectivity index is 1.32. The zero-order chi connectivity index (χ0) is 15.8. The van der Waals surface area contributed by atoms with E-state index in [2.05, 4.69) is 43.5 Å². The maximum atomic E-state index is 5.78. The fourth-order valence-corrected chi connectivity index (χ4v) is 3.20. The van der Waals surface area contributed by atoms with Crippen LogP contribution in [-0.4, -0.2) is 55.2 Å². The number of hydrogen-bond donors (Lipinski definition) is 0. The molecule has 1 aliphatic carbocycles. The van der Waals surface area contributed by atoms with E-state index in [0.29, 0.717) is 12.0 Å². The van der Waals surface area contributed by atoms with E-state index >= 15 is 0 Å². The first kappa shape index (κ1) is 14.8. The molecule has 4 rings (SSSR count). The highest BCUT2D eigenvalue weighted by atomic mass is 16.4. The van der Waals surface area contributed by atoms with Gasteiger partial charge in [0.2, 0.25) is 11.8 Å². The van der Waals surface area contributed by atoms with Crippen LogP contribution in [0.15, 0.2) is 16.8 Å². The molecule has 0 bridgehead atoms. The molecule has 7 heteroatoms. The van der Waals surface area contributed by atoms with Crippen molar-refractivity contribution in [2.45, 2.75) is 44.8 Å². The van der Waals surface area contributed by atoms with E-state index in [0.717, 1.165) is 50.3 Å². The average Bonchev–Trinajstić information content (AvgIpc) is 3.15. The van der Waals surface area contributed by atoms with Crippen molar-refractivity contribution >= 4 is 0 Å². The van der Waals surface area contributed by atoms with Gasteiger partial charge in [0.1, 0.15) is 5.82 Å². The monoisotopic (exact) mass is 316 g/mol. The summed E-state index contributed by atoms with van der Waals surface area (Å²) in [5.74, 6) is 3.25. The molecule has 0 radical (unpaired) electrons. The highest BCUT2D eigenvalue weighted by Crippen LogP contribution is 2.39. The molecule has 2 aromatic heterocycles. The summed E-state index contributed by atoms with van der Waals surface area (Å²) >= 11 is 0. The highest BCUT2D eigenvalue weighted by Gasteiger charge is 2.30. The molecule has 0 spiro atoms. The van der Waals surface area contributed by atoms with Gasteiger partial charge in [-0.25, -0.2) is 4.98 Å². The summed E-state index contributed by atoms with van der Waals surface area (Å²) in [7, 11) is 2.05. The minimum absolute atomic E-state index is 0.492. The quantitative estimate of drug-likeness (QED) is 0.830. The Kier molecular flexibility index (Phi) is 3.90. The van der Waals surface area contributed by atoms with Crippen LogP contribution in [-0.2, 0) is 20.1 Å². The van der Waals surface area contributed by atoms with E-state index in [1.807, 2.05) is 12.4 Å². The summed E-state index contributed by atoms with van der Waals surface area (Å²) in [4.78, 5) is 9.33. The molecule has 7 nitrogen and oxygen atoms in total. The van der Waals surface area contributed by atoms with Gasteiger partial charge in [-0.3, -0.25) is 9.80 Å². The Hall–Kier alpha value is -1.73. The molecular formula is C16H24N6O. The third-order valence-corrected chi connectivity index (χ3v) is 4.88. The molecule has 0 N–H and O–H groups in total. The molecule has 23 heavy (non-hydrogen) atoms. The van der Waals surface area contributed by atoms with Gasteiger partial charge < -0.3 is 8.98 Å². The van der Waals surface area contributed by atoms with E-state index in [9.17, 15) is 0 Å². The molecule has 0 amide bonds. The molecule has 1 saturated carbocycles. The summed E-state index contributed by atoms with van der Waals surface area (Å²) in [6, 6.07) is 0.492. The number of aryl methyl sites for hydroxylation is 1. The lowest BCUT2D eigenvalue weighted by Gasteiger charge is -2.39. The second-order valence-corrected chi connectivity index (χ2v) is 6.82. The lowest BCUT2D eigenvalue weighted by atomic mass is 10.2. The number of nitrogens with zero attached hydrogens (tertiary/aromatic N) is 6. The summed E-state index contributed by atoms with van der Waals surface area (Å²) < 4.78 is 7.88. The van der Waals surface area contributed by atoms with Gasteiger partial charge in [-0.1, -0.05) is 0 Å². The minimum atomic E-state index is 0.492. The third-order valence-electron chi connectivity index (χ3n) is 4.88. The van der Waals surface area contributed by atoms with Crippen molar-refractivity contribution in [1.29, 1.82) is 0 Å². The van der Waals surface area contributed by atoms with Crippen molar-refractivity contribution in [2.24, 2.45) is 7.05 Å². The Morgan fingerprint density at radius 1 is 1.22 bits per heavy atom. The molecule has 2 fully saturated rings. The first-order chi connectivity index (χ1) is 11.2. The topological polar surface area (TPSA) is 63.2 Å². The zero-order valence-corrected chi connectivity index (χ0v) is 13.9. The van der Waals surface area contributed by atoms with Gasteiger partial charge in [0, 0.05) is 51.0 Å². The summed E-state index contributed by atoms with van der Waals surface area (Å²) in [6.45, 7) is 7.03. The summed E-state index contributed by atoms with van der Waals surface area (Å²) in [5.41, 5.74) is 0. The average molecular weight is 316 g/mol. The molecule has 1 unspecified atom stereocenters. The van der Waals surface area contributed by atoms with Gasteiger partial charge in [-0.2, -0.15) is 0 Å². The number of aromatic nitrogens is 4. The Morgan fingerprint density at radius 2 is 2.09 bits per heavy atom. The third kappa shape index (κ3) is 3.30. The molecule has 124 valence electrons. The van der Waals surface area contributed by atoms with Gasteiger partial charge in [-0.15, -0.1) is 10.2 Å². The van der Waals surface area contributed by atoms with E-state index in [1.165, 1.54) is 12.8 Å². The fraction of sp³-hybridized carbons (Fsp3) is 0.688. The maximum absolute atomic E-state index is 5.78. The first-order valence-electron chi connectivity index (χ1n) is 8.44. The normalized spacial score (nSPS) is 23.5. The van der Waals surface area contributed by atoms with Crippen LogP contribution < -0.4 is 0 Å². The van der Waals surface area contributed by atoms with Gasteiger partial charge in [-0.05, 0) is 19.8 Å². The number of piperazine rings is 1. The van der Waals surface area contributed by atoms with E-state index in [4.69, 9.17) is 4.42 Å². The van der Waals surface area contributed by atoms with Gasteiger partial charge in [0.25, 0.3) is 0 Å². The second-order valence-electron chi connectivity index (χ2n) is 6.82. The lowest BCUT2D eigenvalue weighted by molar-refractivity contribution is 0.0655. The molecule has 3 heterocycles. The van der Waals surface area contributed by atoms with Gasteiger partial charge >= 0.3 is 0 Å². The van der Waals surface area contributed by atoms with Gasteiger partial charge in [0.15, 0.2) is 0 Å². The number of imidazole rings is 1. The van der Waals surface area contributed by atoms with Crippen LogP contribution in [0.25, 0.3) is 0 Å². The molecule has 1 saturated heterocycles. The maximum Gasteiger partial charge on any atom is 0.230 e. The zero-order valence-electron chi connectivity index (χ0n) is 13.9. The van der Waals surface area contributed by atoms with E-state index in [1.54, 1.807) is 0 Å². The lowest BCUT2D eigenvalue weighted by Crippen LogP contribution is -2.51. The minimum Gasteiger partial charge on any atom is -0.424 e. The van der Waals surface area contributed by atoms with E-state index < -0.39 is 0 Å². The Labute approximate surface area is 136 Å². The summed E-state index contributed by atoms with van der Waals surface area (Å²) in [5, 5.41) is 8.38. The van der Waals surface area contributed by atoms with Crippen LogP contribution in [0.2, 0.25) is 0 Å². The SMILES string of the molecule is CC1CN(Cc2nnc(C3CC3)o2)CCN1Cc1nccn1C. The fourth-order valence-electron chi connectivity index (χ4n) is 3.20. The van der Waals surface area contributed by atoms with Crippen LogP contribution in [0, 0.1) is 0 Å². The van der Waals surface area contributed by atoms with Crippen LogP contribution in [0.1, 0.15) is 43.3 Å². The van der Waals surface area contributed by atoms with Crippen molar-refractivity contribution < 1.29 is 4.42 Å². The number of rotatable bonds is 5. The van der Waals surface area contributed by atoms with Crippen LogP contribution in [0.5, 0.6) is 0 Å². The predicted octanol–water partition coefficient (Wildman–Crippen LogP) is 1.39. The van der Waals surface area contributed by atoms with Gasteiger partial charge in [0.05, 0.1) is 13.1 Å². The first-order valence-corrected chi connectivity index (χ1v) is 8.44. The van der Waals surface area contributed by atoms with Crippen LogP contribution in [0.4, 0.5) is 0 Å². The predicted molar refractivity (Wildman–Crippen MR) is 84.6 cm³/mol. The van der Waals surface area contributed by atoms with E-state index in [-0.39, 0.29) is 0 Å². The van der Waals surface area contributed by atoms with Crippen molar-refractivity contribution in [3.63, 3.8) is 0 Å². The van der Waals surface area contributed by atoms with Crippen molar-refractivity contribution in [3.8, 4) is 0 Å². The number of hydrogen-bond acceptors (Lipinski definition) is 6. The summed E-state index contributed by atoms with van der Waals surface area (Å²) in [6.07, 6.45) is 6.27. The van der Waals surface area contributed by atoms with Crippen molar-refractivity contribution in [1.82, 2.24) is 29.5 Å². The van der Waals surface area contributed by atoms with Crippen LogP contribution in [0.3, 0.4) is 0 Å². The van der Waals surface area contributed by atoms with Crippen molar-refractivity contribution in [3.05, 3.63) is 30.0 Å². The second kappa shape index (κ2) is 6.05. The standard InChI is InChI=1S/C16H24N6O/c1-12-9-21(11-15-18-19-16(23-15)13-3-4-13)7-8-22(12)10-14-17-5-6-20(14)2/h5-6,12-13H,3-4,7-11H2,1-2H3. The Morgan fingerprint density at radius 3 is 2.78 bits per heavy atom. The smallest absolute Gasteiger partial charge is 0.230 e. The highest BCUT2D eigenvalue weighted by molar-refractivity contribution is 5.00. The van der Waals surface area contributed by atoms with Crippen molar-refractivity contribution in [2.75, 3.05) is 19.6 Å². The molecule has 0 aromatic carbocycles. The largest absolute Gasteiger partial charge is 0.424 e. The van der Waals surface area contributed by atoms with Crippen LogP contribution >= 0.6 is 0 Å². The molecule has 1 aliphatic heterocycles. The molecule has 2 aliphatic rings. The Bertz CT molecular complexity index is 661. The molecule has 2 aromatic rings.